The molecule has 3 aliphatic rings. The maximum Gasteiger partial charge on any atom is 0.319 e. The molecule has 1 saturated carbocycles. The Bertz CT molecular complexity index is 1030. The van der Waals surface area contributed by atoms with Crippen molar-refractivity contribution >= 4 is 28.1 Å². The molecule has 172 valence electrons. The van der Waals surface area contributed by atoms with Gasteiger partial charge in [0, 0.05) is 29.4 Å². The van der Waals surface area contributed by atoms with Gasteiger partial charge in [0.25, 0.3) is 0 Å². The number of carbonyl (C=O) groups is 1. The molecule has 2 amide bonds. The van der Waals surface area contributed by atoms with E-state index in [1.54, 1.807) is 0 Å². The van der Waals surface area contributed by atoms with Gasteiger partial charge in [-0.15, -0.1) is 0 Å². The number of rotatable bonds is 4. The molecule has 32 heavy (non-hydrogen) atoms. The summed E-state index contributed by atoms with van der Waals surface area (Å²) in [7, 11) is -2.80. The van der Waals surface area contributed by atoms with Gasteiger partial charge in [-0.1, -0.05) is 0 Å². The zero-order chi connectivity index (χ0) is 22.5. The fourth-order valence-corrected chi connectivity index (χ4v) is 5.71. The molecule has 1 aromatic heterocycles. The van der Waals surface area contributed by atoms with Crippen LogP contribution in [-0.2, 0) is 10.5 Å². The Labute approximate surface area is 188 Å². The van der Waals surface area contributed by atoms with Crippen molar-refractivity contribution < 1.29 is 18.6 Å². The fourth-order valence-electron chi connectivity index (χ4n) is 4.22. The minimum atomic E-state index is -2.80. The first-order valence-corrected chi connectivity index (χ1v) is 12.8. The number of amides is 2. The maximum atomic E-state index is 12.0. The number of hydrogen-bond acceptors (Lipinski definition) is 7. The lowest BCUT2D eigenvalue weighted by atomic mass is 10.1. The minimum absolute atomic E-state index is 0.127. The van der Waals surface area contributed by atoms with Crippen molar-refractivity contribution in [2.75, 3.05) is 30.0 Å². The molecule has 1 aromatic carbocycles. The molecule has 1 aliphatic carbocycles. The van der Waals surface area contributed by atoms with Crippen LogP contribution in [0.25, 0.3) is 11.4 Å². The normalized spacial score (nSPS) is 25.2. The van der Waals surface area contributed by atoms with Crippen molar-refractivity contribution in [3.63, 3.8) is 0 Å². The molecular formula is C22H29N5O4S. The Hall–Kier alpha value is -2.40. The molecule has 0 bridgehead atoms. The smallest absolute Gasteiger partial charge is 0.319 e. The minimum Gasteiger partial charge on any atom is -0.377 e. The summed E-state index contributed by atoms with van der Waals surface area (Å²) in [5.41, 5.74) is 3.02. The molecular weight excluding hydrogens is 430 g/mol. The Morgan fingerprint density at radius 2 is 1.94 bits per heavy atom. The second-order valence-corrected chi connectivity index (χ2v) is 11.2. The van der Waals surface area contributed by atoms with Crippen LogP contribution in [0.3, 0.4) is 0 Å². The highest BCUT2D eigenvalue weighted by atomic mass is 32.3. The van der Waals surface area contributed by atoms with Crippen LogP contribution in [0.2, 0.25) is 0 Å². The first kappa shape index (κ1) is 21.4. The predicted octanol–water partition coefficient (Wildman–Crippen LogP) is 3.98. The quantitative estimate of drug-likeness (QED) is 0.546. The molecule has 2 unspecified atom stereocenters. The molecule has 3 heterocycles. The SMILES string of the molecule is CC1COCCN1c1nc(-c2ccc(NC(=O)NC3CC3)cc2)nc2c1C(C)S(O)(O)C2. The standard InChI is InChI=1S/C22H29N5O4S/c1-13-11-31-10-9-27(13)21-19-14(2)32(29,30)12-18(19)25-20(26-21)15-3-5-16(6-4-15)23-22(28)24-17-7-8-17/h3-6,13-14,17,29-30H,7-12H2,1-2H3,(H2,23,24,28). The molecule has 2 fully saturated rings. The summed E-state index contributed by atoms with van der Waals surface area (Å²) in [6.07, 6.45) is 2.07. The van der Waals surface area contributed by atoms with E-state index in [-0.39, 0.29) is 17.8 Å². The Morgan fingerprint density at radius 1 is 1.19 bits per heavy atom. The highest BCUT2D eigenvalue weighted by Crippen LogP contribution is 2.63. The third-order valence-electron chi connectivity index (χ3n) is 6.28. The van der Waals surface area contributed by atoms with Crippen LogP contribution in [0.15, 0.2) is 24.3 Å². The van der Waals surface area contributed by atoms with Gasteiger partial charge in [-0.25, -0.2) is 14.8 Å². The largest absolute Gasteiger partial charge is 0.377 e. The number of aromatic nitrogens is 2. The summed E-state index contributed by atoms with van der Waals surface area (Å²) >= 11 is 0. The number of benzene rings is 1. The molecule has 10 heteroatoms. The highest BCUT2D eigenvalue weighted by molar-refractivity contribution is 8.24. The number of nitrogens with one attached hydrogen (secondary N) is 2. The van der Waals surface area contributed by atoms with Crippen LogP contribution in [-0.4, -0.2) is 56.9 Å². The van der Waals surface area contributed by atoms with Crippen molar-refractivity contribution in [3.05, 3.63) is 35.5 Å². The van der Waals surface area contributed by atoms with Crippen LogP contribution < -0.4 is 15.5 Å². The van der Waals surface area contributed by atoms with Gasteiger partial charge in [0.1, 0.15) is 5.82 Å². The summed E-state index contributed by atoms with van der Waals surface area (Å²) in [4.78, 5) is 23.8. The molecule has 9 nitrogen and oxygen atoms in total. The van der Waals surface area contributed by atoms with Crippen LogP contribution in [0.4, 0.5) is 16.3 Å². The summed E-state index contributed by atoms with van der Waals surface area (Å²) in [5, 5.41) is 5.34. The Morgan fingerprint density at radius 3 is 2.62 bits per heavy atom. The average molecular weight is 460 g/mol. The van der Waals surface area contributed by atoms with Gasteiger partial charge in [-0.2, -0.15) is 10.6 Å². The third-order valence-corrected chi connectivity index (χ3v) is 8.35. The number of carbonyl (C=O) groups excluding carboxylic acids is 1. The van der Waals surface area contributed by atoms with Gasteiger partial charge in [0.15, 0.2) is 5.82 Å². The maximum absolute atomic E-state index is 12.0. The van der Waals surface area contributed by atoms with Gasteiger partial charge in [0.2, 0.25) is 0 Å². The van der Waals surface area contributed by atoms with E-state index in [2.05, 4.69) is 22.5 Å². The van der Waals surface area contributed by atoms with Crippen molar-refractivity contribution in [3.8, 4) is 11.4 Å². The monoisotopic (exact) mass is 459 g/mol. The van der Waals surface area contributed by atoms with Crippen molar-refractivity contribution in [1.82, 2.24) is 15.3 Å². The number of morpholine rings is 1. The topological polar surface area (TPSA) is 120 Å². The van der Waals surface area contributed by atoms with E-state index in [9.17, 15) is 13.9 Å². The number of ether oxygens (including phenoxy) is 1. The molecule has 4 N–H and O–H groups in total. The predicted molar refractivity (Wildman–Crippen MR) is 125 cm³/mol. The second kappa shape index (κ2) is 8.18. The molecule has 0 spiro atoms. The lowest BCUT2D eigenvalue weighted by Gasteiger charge is -2.37. The van der Waals surface area contributed by atoms with Crippen LogP contribution in [0.5, 0.6) is 0 Å². The van der Waals surface area contributed by atoms with E-state index >= 15 is 0 Å². The molecule has 0 radical (unpaired) electrons. The fraction of sp³-hybridized carbons (Fsp3) is 0.500. The number of fused-ring (bicyclic) bond motifs is 1. The van der Waals surface area contributed by atoms with Gasteiger partial charge < -0.3 is 20.3 Å². The average Bonchev–Trinajstić information content (AvgIpc) is 3.53. The second-order valence-electron chi connectivity index (χ2n) is 8.80. The van der Waals surface area contributed by atoms with Crippen molar-refractivity contribution in [2.45, 2.75) is 49.8 Å². The number of nitrogens with zero attached hydrogens (tertiary/aromatic N) is 3. The highest BCUT2D eigenvalue weighted by Gasteiger charge is 2.40. The third kappa shape index (κ3) is 4.15. The molecule has 2 aliphatic heterocycles. The Kier molecular flexibility index (Phi) is 5.48. The van der Waals surface area contributed by atoms with Crippen LogP contribution in [0.1, 0.15) is 43.2 Å². The zero-order valence-electron chi connectivity index (χ0n) is 18.2. The van der Waals surface area contributed by atoms with E-state index in [1.165, 1.54) is 0 Å². The molecule has 5 rings (SSSR count). The van der Waals surface area contributed by atoms with E-state index in [0.29, 0.717) is 43.0 Å². The van der Waals surface area contributed by atoms with E-state index in [1.807, 2.05) is 31.2 Å². The van der Waals surface area contributed by atoms with Gasteiger partial charge in [-0.05, 0) is 51.0 Å². The summed E-state index contributed by atoms with van der Waals surface area (Å²) in [6.45, 7) is 5.81. The molecule has 2 aromatic rings. The molecule has 2 atom stereocenters. The summed E-state index contributed by atoms with van der Waals surface area (Å²) in [5.74, 6) is 1.44. The number of hydrogen-bond donors (Lipinski definition) is 4. The van der Waals surface area contributed by atoms with Crippen molar-refractivity contribution in [2.24, 2.45) is 0 Å². The van der Waals surface area contributed by atoms with E-state index < -0.39 is 15.8 Å². The summed E-state index contributed by atoms with van der Waals surface area (Å²) < 4.78 is 26.8. The van der Waals surface area contributed by atoms with E-state index in [4.69, 9.17) is 14.7 Å². The van der Waals surface area contributed by atoms with Crippen LogP contribution in [0, 0.1) is 0 Å². The first-order valence-electron chi connectivity index (χ1n) is 11.0. The van der Waals surface area contributed by atoms with E-state index in [0.717, 1.165) is 29.8 Å². The Balaban J connectivity index is 1.46. The first-order chi connectivity index (χ1) is 15.3. The lowest BCUT2D eigenvalue weighted by Crippen LogP contribution is -2.44. The van der Waals surface area contributed by atoms with Crippen molar-refractivity contribution in [1.29, 1.82) is 0 Å². The van der Waals surface area contributed by atoms with Gasteiger partial charge in [-0.3, -0.25) is 9.11 Å². The molecule has 1 saturated heterocycles. The van der Waals surface area contributed by atoms with Gasteiger partial charge in [0.05, 0.1) is 36.0 Å². The summed E-state index contributed by atoms with van der Waals surface area (Å²) in [6, 6.07) is 7.62. The van der Waals surface area contributed by atoms with Crippen LogP contribution >= 0.6 is 10.6 Å². The number of urea groups is 1. The lowest BCUT2D eigenvalue weighted by molar-refractivity contribution is 0.0984. The van der Waals surface area contributed by atoms with Gasteiger partial charge >= 0.3 is 6.03 Å². The number of anilines is 2. The zero-order valence-corrected chi connectivity index (χ0v) is 19.1.